The summed E-state index contributed by atoms with van der Waals surface area (Å²) >= 11 is 0. The molecule has 0 aromatic carbocycles. The number of primary amides is 1. The average Bonchev–Trinajstić information content (AvgIpc) is 2.64. The van der Waals surface area contributed by atoms with Crippen LogP contribution in [-0.4, -0.2) is 35.6 Å². The Morgan fingerprint density at radius 1 is 1.38 bits per heavy atom. The molecule has 2 N–H and O–H groups in total. The molecule has 92 valence electrons. The van der Waals surface area contributed by atoms with Gasteiger partial charge >= 0.3 is 6.09 Å². The molecule has 0 atom stereocenters. The smallest absolute Gasteiger partial charge is 0.410 e. The summed E-state index contributed by atoms with van der Waals surface area (Å²) in [4.78, 5) is 24.2. The molecule has 0 aliphatic heterocycles. The van der Waals surface area contributed by atoms with Gasteiger partial charge in [0, 0.05) is 6.04 Å². The molecule has 0 heterocycles. The van der Waals surface area contributed by atoms with Gasteiger partial charge < -0.3 is 10.5 Å². The molecule has 2 amide bonds. The third-order valence-electron chi connectivity index (χ3n) is 2.66. The molecule has 1 aliphatic carbocycles. The van der Waals surface area contributed by atoms with Crippen LogP contribution in [-0.2, 0) is 9.53 Å². The number of hydrogen-bond donors (Lipinski definition) is 1. The van der Waals surface area contributed by atoms with E-state index in [9.17, 15) is 9.59 Å². The Labute approximate surface area is 95.9 Å². The summed E-state index contributed by atoms with van der Waals surface area (Å²) in [6.07, 6.45) is 3.44. The number of carbonyl (C=O) groups is 2. The second kappa shape index (κ2) is 5.72. The summed E-state index contributed by atoms with van der Waals surface area (Å²) in [5.74, 6) is -0.493. The first-order valence-corrected chi connectivity index (χ1v) is 5.76. The van der Waals surface area contributed by atoms with Crippen LogP contribution in [0.2, 0.25) is 0 Å². The maximum atomic E-state index is 11.8. The fourth-order valence-corrected chi connectivity index (χ4v) is 2.00. The first-order valence-electron chi connectivity index (χ1n) is 5.76. The fourth-order valence-electron chi connectivity index (χ4n) is 2.00. The summed E-state index contributed by atoms with van der Waals surface area (Å²) in [6, 6.07) is 0.110. The van der Waals surface area contributed by atoms with Gasteiger partial charge in [0.1, 0.15) is 6.54 Å². The predicted molar refractivity (Wildman–Crippen MR) is 59.8 cm³/mol. The first-order chi connectivity index (χ1) is 7.50. The van der Waals surface area contributed by atoms with Crippen molar-refractivity contribution in [2.75, 3.05) is 6.54 Å². The highest BCUT2D eigenvalue weighted by atomic mass is 16.6. The summed E-state index contributed by atoms with van der Waals surface area (Å²) in [6.45, 7) is 3.53. The number of amides is 2. The van der Waals surface area contributed by atoms with Crippen LogP contribution in [0.5, 0.6) is 0 Å². The SMILES string of the molecule is CC(C)OC(=O)N(CC(N)=O)C1CCCC1. The Morgan fingerprint density at radius 3 is 2.38 bits per heavy atom. The summed E-state index contributed by atoms with van der Waals surface area (Å²) in [5.41, 5.74) is 5.14. The second-order valence-electron chi connectivity index (χ2n) is 4.47. The van der Waals surface area contributed by atoms with Crippen molar-refractivity contribution >= 4 is 12.0 Å². The van der Waals surface area contributed by atoms with Crippen LogP contribution < -0.4 is 5.73 Å². The molecule has 1 rings (SSSR count). The number of hydrogen-bond acceptors (Lipinski definition) is 3. The number of carbonyl (C=O) groups excluding carboxylic acids is 2. The number of nitrogens with zero attached hydrogens (tertiary/aromatic N) is 1. The van der Waals surface area contributed by atoms with Crippen LogP contribution in [0.3, 0.4) is 0 Å². The molecule has 0 aromatic rings. The van der Waals surface area contributed by atoms with Gasteiger partial charge in [0.05, 0.1) is 6.10 Å². The molecule has 5 heteroatoms. The third kappa shape index (κ3) is 3.72. The highest BCUT2D eigenvalue weighted by Crippen LogP contribution is 2.24. The zero-order valence-corrected chi connectivity index (χ0v) is 9.94. The lowest BCUT2D eigenvalue weighted by Gasteiger charge is -2.27. The largest absolute Gasteiger partial charge is 0.447 e. The van der Waals surface area contributed by atoms with Gasteiger partial charge in [-0.25, -0.2) is 4.79 Å². The van der Waals surface area contributed by atoms with Gasteiger partial charge in [0.15, 0.2) is 0 Å². The van der Waals surface area contributed by atoms with E-state index in [2.05, 4.69) is 0 Å². The van der Waals surface area contributed by atoms with E-state index in [1.54, 1.807) is 13.8 Å². The molecular formula is C11H20N2O3. The zero-order valence-electron chi connectivity index (χ0n) is 9.94. The number of ether oxygens (including phenoxy) is 1. The average molecular weight is 228 g/mol. The van der Waals surface area contributed by atoms with E-state index in [1.807, 2.05) is 0 Å². The van der Waals surface area contributed by atoms with Gasteiger partial charge in [-0.3, -0.25) is 9.69 Å². The number of rotatable bonds is 4. The molecule has 0 unspecified atom stereocenters. The lowest BCUT2D eigenvalue weighted by molar-refractivity contribution is -0.119. The summed E-state index contributed by atoms with van der Waals surface area (Å²) in [5, 5.41) is 0. The van der Waals surface area contributed by atoms with Crippen LogP contribution in [0.25, 0.3) is 0 Å². The molecule has 16 heavy (non-hydrogen) atoms. The van der Waals surface area contributed by atoms with Crippen LogP contribution in [0.1, 0.15) is 39.5 Å². The van der Waals surface area contributed by atoms with Crippen molar-refractivity contribution in [3.05, 3.63) is 0 Å². The van der Waals surface area contributed by atoms with Gasteiger partial charge in [-0.05, 0) is 26.7 Å². The lowest BCUT2D eigenvalue weighted by atomic mass is 10.2. The molecule has 0 aromatic heterocycles. The normalized spacial score (nSPS) is 16.4. The van der Waals surface area contributed by atoms with E-state index < -0.39 is 12.0 Å². The van der Waals surface area contributed by atoms with E-state index in [0.29, 0.717) is 0 Å². The molecule has 1 aliphatic rings. The molecule has 5 nitrogen and oxygen atoms in total. The van der Waals surface area contributed by atoms with Gasteiger partial charge in [-0.1, -0.05) is 12.8 Å². The maximum absolute atomic E-state index is 11.8. The molecule has 0 radical (unpaired) electrons. The molecule has 0 bridgehead atoms. The zero-order chi connectivity index (χ0) is 12.1. The van der Waals surface area contributed by atoms with Crippen molar-refractivity contribution in [1.29, 1.82) is 0 Å². The van der Waals surface area contributed by atoms with Crippen molar-refractivity contribution < 1.29 is 14.3 Å². The van der Waals surface area contributed by atoms with Crippen LogP contribution in [0.15, 0.2) is 0 Å². The Bertz CT molecular complexity index is 260. The number of nitrogens with two attached hydrogens (primary N) is 1. The summed E-state index contributed by atoms with van der Waals surface area (Å²) in [7, 11) is 0. The van der Waals surface area contributed by atoms with Crippen molar-refractivity contribution in [1.82, 2.24) is 4.90 Å². The minimum atomic E-state index is -0.493. The van der Waals surface area contributed by atoms with E-state index in [1.165, 1.54) is 4.90 Å². The molecule has 0 saturated heterocycles. The third-order valence-corrected chi connectivity index (χ3v) is 2.66. The monoisotopic (exact) mass is 228 g/mol. The lowest BCUT2D eigenvalue weighted by Crippen LogP contribution is -2.45. The Morgan fingerprint density at radius 2 is 1.94 bits per heavy atom. The van der Waals surface area contributed by atoms with Crippen molar-refractivity contribution in [2.24, 2.45) is 5.73 Å². The van der Waals surface area contributed by atoms with Crippen molar-refractivity contribution in [3.63, 3.8) is 0 Å². The molecule has 1 fully saturated rings. The Kier molecular flexibility index (Phi) is 4.58. The summed E-state index contributed by atoms with van der Waals surface area (Å²) < 4.78 is 5.10. The van der Waals surface area contributed by atoms with E-state index in [0.717, 1.165) is 25.7 Å². The van der Waals surface area contributed by atoms with E-state index in [4.69, 9.17) is 10.5 Å². The topological polar surface area (TPSA) is 72.6 Å². The Balaban J connectivity index is 2.61. The fraction of sp³-hybridized carbons (Fsp3) is 0.818. The minimum absolute atomic E-state index is 0.0454. The first kappa shape index (κ1) is 12.8. The van der Waals surface area contributed by atoms with Gasteiger partial charge in [0.25, 0.3) is 0 Å². The van der Waals surface area contributed by atoms with Crippen LogP contribution in [0.4, 0.5) is 4.79 Å². The minimum Gasteiger partial charge on any atom is -0.447 e. The van der Waals surface area contributed by atoms with Crippen molar-refractivity contribution in [3.8, 4) is 0 Å². The van der Waals surface area contributed by atoms with Crippen LogP contribution >= 0.6 is 0 Å². The quantitative estimate of drug-likeness (QED) is 0.787. The predicted octanol–water partition coefficient (Wildman–Crippen LogP) is 1.26. The standard InChI is InChI=1S/C11H20N2O3/c1-8(2)16-11(15)13(7-10(12)14)9-5-3-4-6-9/h8-9H,3-7H2,1-2H3,(H2,12,14). The molecular weight excluding hydrogens is 208 g/mol. The van der Waals surface area contributed by atoms with Gasteiger partial charge in [-0.15, -0.1) is 0 Å². The van der Waals surface area contributed by atoms with Gasteiger partial charge in [-0.2, -0.15) is 0 Å². The highest BCUT2D eigenvalue weighted by Gasteiger charge is 2.29. The van der Waals surface area contributed by atoms with E-state index in [-0.39, 0.29) is 18.7 Å². The second-order valence-corrected chi connectivity index (χ2v) is 4.47. The highest BCUT2D eigenvalue weighted by molar-refractivity contribution is 5.81. The van der Waals surface area contributed by atoms with Crippen LogP contribution in [0, 0.1) is 0 Å². The van der Waals surface area contributed by atoms with E-state index >= 15 is 0 Å². The van der Waals surface area contributed by atoms with Crippen molar-refractivity contribution in [2.45, 2.75) is 51.7 Å². The molecule has 1 saturated carbocycles. The van der Waals surface area contributed by atoms with Gasteiger partial charge in [0.2, 0.25) is 5.91 Å². The maximum Gasteiger partial charge on any atom is 0.410 e. The Hall–Kier alpha value is -1.26. The molecule has 0 spiro atoms.